The Hall–Kier alpha value is -2.28. The molecule has 1 aromatic heterocycles. The molecule has 0 unspecified atom stereocenters. The Bertz CT molecular complexity index is 1110. The minimum absolute atomic E-state index is 0.215. The second kappa shape index (κ2) is 6.79. The van der Waals surface area contributed by atoms with Crippen molar-refractivity contribution in [3.8, 4) is 0 Å². The van der Waals surface area contributed by atoms with Crippen LogP contribution in [0.1, 0.15) is 11.5 Å². The normalized spacial score (nSPS) is 17.4. The molecule has 1 saturated heterocycles. The van der Waals surface area contributed by atoms with Crippen LogP contribution in [0.5, 0.6) is 0 Å². The number of aromatic nitrogens is 1. The lowest BCUT2D eigenvalue weighted by atomic mass is 10.2. The Morgan fingerprint density at radius 1 is 1.23 bits per heavy atom. The van der Waals surface area contributed by atoms with Gasteiger partial charge >= 0.3 is 0 Å². The number of benzene rings is 2. The topological polar surface area (TPSA) is 67.5 Å². The Labute approximate surface area is 163 Å². The van der Waals surface area contributed by atoms with E-state index in [9.17, 15) is 4.79 Å². The fraction of sp³-hybridized carbons (Fsp3) is 0.0556. The smallest absolute Gasteiger partial charge is 0.264 e. The van der Waals surface area contributed by atoms with E-state index in [4.69, 9.17) is 27.6 Å². The number of oxazole rings is 1. The average molecular weight is 404 g/mol. The molecular weight excluding hydrogens is 393 g/mol. The van der Waals surface area contributed by atoms with E-state index in [0.717, 1.165) is 11.1 Å². The number of thioether (sulfide) groups is 1. The van der Waals surface area contributed by atoms with E-state index in [2.05, 4.69) is 15.3 Å². The molecule has 5 nitrogen and oxygen atoms in total. The van der Waals surface area contributed by atoms with E-state index in [1.54, 1.807) is 31.2 Å². The van der Waals surface area contributed by atoms with Crippen LogP contribution in [0.15, 0.2) is 50.7 Å². The van der Waals surface area contributed by atoms with Crippen molar-refractivity contribution in [2.45, 2.75) is 6.92 Å². The second-order valence-corrected chi connectivity index (χ2v) is 7.41. The quantitative estimate of drug-likeness (QED) is 0.586. The molecule has 0 aliphatic carbocycles. The molecule has 2 heterocycles. The molecule has 1 fully saturated rings. The SMILES string of the molecule is Cc1nc2ccc(/C=C3\SC(=Nc4ccc(Cl)cc4Cl)NC3=O)cc2o1. The average Bonchev–Trinajstić information content (AvgIpc) is 3.11. The van der Waals surface area contributed by atoms with Crippen LogP contribution in [-0.4, -0.2) is 16.1 Å². The summed E-state index contributed by atoms with van der Waals surface area (Å²) in [5.41, 5.74) is 2.85. The summed E-state index contributed by atoms with van der Waals surface area (Å²) in [5.74, 6) is 0.389. The van der Waals surface area contributed by atoms with Gasteiger partial charge in [0.25, 0.3) is 5.91 Å². The van der Waals surface area contributed by atoms with Crippen LogP contribution >= 0.6 is 35.0 Å². The van der Waals surface area contributed by atoms with Crippen molar-refractivity contribution in [3.05, 3.63) is 62.8 Å². The lowest BCUT2D eigenvalue weighted by Gasteiger charge is -1.99. The maximum absolute atomic E-state index is 12.2. The van der Waals surface area contributed by atoms with E-state index in [-0.39, 0.29) is 5.91 Å². The minimum Gasteiger partial charge on any atom is -0.441 e. The second-order valence-electron chi connectivity index (χ2n) is 5.54. The summed E-state index contributed by atoms with van der Waals surface area (Å²) in [6.45, 7) is 1.79. The van der Waals surface area contributed by atoms with Gasteiger partial charge in [-0.05, 0) is 53.7 Å². The predicted octanol–water partition coefficient (Wildman–Crippen LogP) is 5.33. The summed E-state index contributed by atoms with van der Waals surface area (Å²) >= 11 is 13.3. The van der Waals surface area contributed by atoms with Gasteiger partial charge in [-0.2, -0.15) is 0 Å². The first-order valence-corrected chi connectivity index (χ1v) is 9.17. The minimum atomic E-state index is -0.215. The van der Waals surface area contributed by atoms with Gasteiger partial charge in [0.1, 0.15) is 5.52 Å². The fourth-order valence-electron chi connectivity index (χ4n) is 2.46. The van der Waals surface area contributed by atoms with Crippen LogP contribution in [0, 0.1) is 6.92 Å². The molecule has 0 radical (unpaired) electrons. The van der Waals surface area contributed by atoms with E-state index >= 15 is 0 Å². The zero-order valence-corrected chi connectivity index (χ0v) is 15.7. The highest BCUT2D eigenvalue weighted by molar-refractivity contribution is 8.18. The zero-order chi connectivity index (χ0) is 18.3. The molecule has 0 spiro atoms. The lowest BCUT2D eigenvalue weighted by molar-refractivity contribution is -0.115. The van der Waals surface area contributed by atoms with E-state index in [1.165, 1.54) is 11.8 Å². The van der Waals surface area contributed by atoms with Crippen molar-refractivity contribution in [1.82, 2.24) is 10.3 Å². The zero-order valence-electron chi connectivity index (χ0n) is 13.4. The van der Waals surface area contributed by atoms with Crippen molar-refractivity contribution in [3.63, 3.8) is 0 Å². The molecule has 0 atom stereocenters. The molecule has 1 N–H and O–H groups in total. The number of carbonyl (C=O) groups excluding carboxylic acids is 1. The fourth-order valence-corrected chi connectivity index (χ4v) is 3.74. The van der Waals surface area contributed by atoms with Crippen LogP contribution in [0.2, 0.25) is 10.0 Å². The number of rotatable bonds is 2. The van der Waals surface area contributed by atoms with Crippen molar-refractivity contribution < 1.29 is 9.21 Å². The van der Waals surface area contributed by atoms with Gasteiger partial charge in [0, 0.05) is 11.9 Å². The summed E-state index contributed by atoms with van der Waals surface area (Å²) in [5, 5.41) is 4.14. The van der Waals surface area contributed by atoms with Gasteiger partial charge in [0.2, 0.25) is 0 Å². The highest BCUT2D eigenvalue weighted by Gasteiger charge is 2.24. The molecule has 0 bridgehead atoms. The van der Waals surface area contributed by atoms with Crippen LogP contribution < -0.4 is 5.32 Å². The Balaban J connectivity index is 1.62. The number of nitrogens with one attached hydrogen (secondary N) is 1. The Kier molecular flexibility index (Phi) is 4.48. The first-order valence-electron chi connectivity index (χ1n) is 7.60. The van der Waals surface area contributed by atoms with E-state index in [1.807, 2.05) is 18.2 Å². The third-order valence-electron chi connectivity index (χ3n) is 3.60. The predicted molar refractivity (Wildman–Crippen MR) is 106 cm³/mol. The number of halogens is 2. The van der Waals surface area contributed by atoms with Crippen molar-refractivity contribution in [1.29, 1.82) is 0 Å². The summed E-state index contributed by atoms with van der Waals surface area (Å²) in [7, 11) is 0. The number of fused-ring (bicyclic) bond motifs is 1. The number of aliphatic imine (C=N–C) groups is 1. The van der Waals surface area contributed by atoms with E-state index in [0.29, 0.717) is 37.3 Å². The number of hydrogen-bond donors (Lipinski definition) is 1. The van der Waals surface area contributed by atoms with Gasteiger partial charge in [-0.25, -0.2) is 9.98 Å². The van der Waals surface area contributed by atoms with Crippen LogP contribution in [-0.2, 0) is 4.79 Å². The van der Waals surface area contributed by atoms with Gasteiger partial charge in [0.05, 0.1) is 15.6 Å². The Morgan fingerprint density at radius 2 is 2.08 bits per heavy atom. The molecule has 4 rings (SSSR count). The molecule has 26 heavy (non-hydrogen) atoms. The number of hydrogen-bond acceptors (Lipinski definition) is 5. The summed E-state index contributed by atoms with van der Waals surface area (Å²) < 4.78 is 5.53. The monoisotopic (exact) mass is 403 g/mol. The lowest BCUT2D eigenvalue weighted by Crippen LogP contribution is -2.19. The number of amides is 1. The van der Waals surface area contributed by atoms with Crippen molar-refractivity contribution in [2.24, 2.45) is 4.99 Å². The molecule has 0 saturated carbocycles. The highest BCUT2D eigenvalue weighted by atomic mass is 35.5. The first-order chi connectivity index (χ1) is 12.5. The molecule has 1 aliphatic heterocycles. The summed E-state index contributed by atoms with van der Waals surface area (Å²) in [6.07, 6.45) is 1.78. The van der Waals surface area contributed by atoms with Gasteiger partial charge in [-0.3, -0.25) is 4.79 Å². The molecule has 1 amide bonds. The summed E-state index contributed by atoms with van der Waals surface area (Å²) in [6, 6.07) is 10.6. The number of aryl methyl sites for hydroxylation is 1. The molecule has 8 heteroatoms. The third kappa shape index (κ3) is 3.49. The summed E-state index contributed by atoms with van der Waals surface area (Å²) in [4.78, 5) is 21.4. The third-order valence-corrected chi connectivity index (χ3v) is 5.05. The maximum Gasteiger partial charge on any atom is 0.264 e. The molecule has 130 valence electrons. The standard InChI is InChI=1S/C18H11Cl2N3O2S/c1-9-21-14-4-2-10(6-15(14)25-9)7-16-17(24)23-18(26-16)22-13-5-3-11(19)8-12(13)20/h2-8H,1H3,(H,22,23,24)/b16-7-. The Morgan fingerprint density at radius 3 is 2.88 bits per heavy atom. The van der Waals surface area contributed by atoms with Crippen LogP contribution in [0.3, 0.4) is 0 Å². The number of nitrogens with zero attached hydrogens (tertiary/aromatic N) is 2. The molecular formula is C18H11Cl2N3O2S. The van der Waals surface area contributed by atoms with Gasteiger partial charge in [0.15, 0.2) is 16.6 Å². The molecule has 2 aromatic carbocycles. The van der Waals surface area contributed by atoms with Gasteiger partial charge in [-0.1, -0.05) is 29.3 Å². The number of amidine groups is 1. The number of carbonyl (C=O) groups is 1. The van der Waals surface area contributed by atoms with Crippen LogP contribution in [0.4, 0.5) is 5.69 Å². The largest absolute Gasteiger partial charge is 0.441 e. The van der Waals surface area contributed by atoms with Crippen molar-refractivity contribution >= 4 is 68.9 Å². The van der Waals surface area contributed by atoms with E-state index < -0.39 is 0 Å². The van der Waals surface area contributed by atoms with Gasteiger partial charge < -0.3 is 9.73 Å². The maximum atomic E-state index is 12.2. The van der Waals surface area contributed by atoms with Gasteiger partial charge in [-0.15, -0.1) is 0 Å². The van der Waals surface area contributed by atoms with Crippen LogP contribution in [0.25, 0.3) is 17.2 Å². The molecule has 3 aromatic rings. The first kappa shape index (κ1) is 17.1. The van der Waals surface area contributed by atoms with Crippen molar-refractivity contribution in [2.75, 3.05) is 0 Å². The molecule has 1 aliphatic rings. The highest BCUT2D eigenvalue weighted by Crippen LogP contribution is 2.32.